The maximum Gasteiger partial charge on any atom is 0.209 e. The van der Waals surface area contributed by atoms with Gasteiger partial charge in [0.2, 0.25) is 5.13 Å². The van der Waals surface area contributed by atoms with Crippen LogP contribution in [0.1, 0.15) is 37.2 Å². The van der Waals surface area contributed by atoms with Crippen LogP contribution < -0.4 is 15.5 Å². The number of anilines is 1. The Morgan fingerprint density at radius 1 is 0.906 bits per heavy atom. The first-order valence-corrected chi connectivity index (χ1v) is 12.3. The average Bonchev–Trinajstić information content (AvgIpc) is 3.23. The maximum atomic E-state index is 4.86. The van der Waals surface area contributed by atoms with Gasteiger partial charge in [0.15, 0.2) is 0 Å². The third kappa shape index (κ3) is 6.22. The Kier molecular flexibility index (Phi) is 8.36. The monoisotopic (exact) mass is 448 g/mol. The van der Waals surface area contributed by atoms with Gasteiger partial charge in [0.25, 0.3) is 0 Å². The lowest BCUT2D eigenvalue weighted by molar-refractivity contribution is 0.496. The van der Waals surface area contributed by atoms with Crippen molar-refractivity contribution in [2.24, 2.45) is 4.99 Å². The number of aliphatic imine (C=N–C) groups is 1. The van der Waals surface area contributed by atoms with E-state index >= 15 is 0 Å². The fraction of sp³-hybridized carbons (Fsp3) is 0.400. The molecule has 0 bridgehead atoms. The Balaban J connectivity index is 0.000000354. The molecule has 1 atom stereocenters. The summed E-state index contributed by atoms with van der Waals surface area (Å²) < 4.78 is 0. The Labute approximate surface area is 194 Å². The fourth-order valence-corrected chi connectivity index (χ4v) is 4.80. The van der Waals surface area contributed by atoms with E-state index in [1.165, 1.54) is 49.3 Å². The summed E-state index contributed by atoms with van der Waals surface area (Å²) >= 11 is 1.49. The highest BCUT2D eigenvalue weighted by atomic mass is 32.1. The van der Waals surface area contributed by atoms with E-state index in [1.807, 2.05) is 11.4 Å². The van der Waals surface area contributed by atoms with Crippen molar-refractivity contribution in [3.63, 3.8) is 0 Å². The maximum absolute atomic E-state index is 4.86. The predicted molar refractivity (Wildman–Crippen MR) is 135 cm³/mol. The first kappa shape index (κ1) is 22.6. The van der Waals surface area contributed by atoms with Crippen LogP contribution >= 0.6 is 11.3 Å². The SMILES string of the molecule is C1CNCNC1.C=Nc1nc(-c2cccc(N3CCCC(c4ccccc4)CC3)n2)cs1. The van der Waals surface area contributed by atoms with Gasteiger partial charge >= 0.3 is 0 Å². The molecule has 2 aliphatic rings. The second kappa shape index (κ2) is 11.9. The van der Waals surface area contributed by atoms with Crippen LogP contribution in [0.2, 0.25) is 0 Å². The molecule has 2 fully saturated rings. The number of rotatable bonds is 4. The lowest BCUT2D eigenvalue weighted by Gasteiger charge is -2.22. The van der Waals surface area contributed by atoms with Gasteiger partial charge in [-0.2, -0.15) is 0 Å². The smallest absolute Gasteiger partial charge is 0.209 e. The van der Waals surface area contributed by atoms with Gasteiger partial charge in [-0.15, -0.1) is 11.3 Å². The van der Waals surface area contributed by atoms with Crippen molar-refractivity contribution in [3.05, 3.63) is 59.5 Å². The van der Waals surface area contributed by atoms with Gasteiger partial charge in [0.1, 0.15) is 11.5 Å². The van der Waals surface area contributed by atoms with E-state index in [4.69, 9.17) is 4.98 Å². The molecule has 6 nitrogen and oxygen atoms in total. The lowest BCUT2D eigenvalue weighted by Crippen LogP contribution is -2.37. The van der Waals surface area contributed by atoms with E-state index in [1.54, 1.807) is 0 Å². The molecular weight excluding hydrogens is 416 g/mol. The zero-order valence-corrected chi connectivity index (χ0v) is 19.4. The number of nitrogens with zero attached hydrogens (tertiary/aromatic N) is 4. The highest BCUT2D eigenvalue weighted by Crippen LogP contribution is 2.31. The second-order valence-electron chi connectivity index (χ2n) is 8.11. The molecule has 0 saturated carbocycles. The van der Waals surface area contributed by atoms with E-state index < -0.39 is 0 Å². The Morgan fingerprint density at radius 2 is 1.75 bits per heavy atom. The minimum atomic E-state index is 0.643. The second-order valence-corrected chi connectivity index (χ2v) is 8.95. The van der Waals surface area contributed by atoms with Gasteiger partial charge in [-0.3, -0.25) is 0 Å². The van der Waals surface area contributed by atoms with Crippen LogP contribution in [0.25, 0.3) is 11.4 Å². The minimum absolute atomic E-state index is 0.643. The molecule has 5 rings (SSSR count). The van der Waals surface area contributed by atoms with E-state index in [-0.39, 0.29) is 0 Å². The van der Waals surface area contributed by atoms with Crippen molar-refractivity contribution in [2.75, 3.05) is 37.7 Å². The molecule has 3 aromatic rings. The van der Waals surface area contributed by atoms with Gasteiger partial charge in [0, 0.05) is 25.1 Å². The van der Waals surface area contributed by atoms with Crippen LogP contribution in [-0.4, -0.2) is 49.5 Å². The third-order valence-corrected chi connectivity index (χ3v) is 6.68. The molecular formula is C25H32N6S. The Morgan fingerprint density at radius 3 is 2.44 bits per heavy atom. The van der Waals surface area contributed by atoms with Crippen LogP contribution in [0.4, 0.5) is 10.9 Å². The Bertz CT molecular complexity index is 958. The molecule has 0 spiro atoms. The van der Waals surface area contributed by atoms with Crippen LogP contribution in [-0.2, 0) is 0 Å². The van der Waals surface area contributed by atoms with Crippen LogP contribution in [0.15, 0.2) is 58.9 Å². The van der Waals surface area contributed by atoms with Crippen molar-refractivity contribution in [2.45, 2.75) is 31.6 Å². The molecule has 0 aliphatic carbocycles. The fourth-order valence-electron chi connectivity index (χ4n) is 4.18. The van der Waals surface area contributed by atoms with Gasteiger partial charge in [-0.25, -0.2) is 15.0 Å². The summed E-state index contributed by atoms with van der Waals surface area (Å²) in [5.74, 6) is 1.68. The quantitative estimate of drug-likeness (QED) is 0.559. The zero-order valence-electron chi connectivity index (χ0n) is 18.5. The van der Waals surface area contributed by atoms with Gasteiger partial charge in [-0.1, -0.05) is 36.4 Å². The highest BCUT2D eigenvalue weighted by Gasteiger charge is 2.19. The largest absolute Gasteiger partial charge is 0.357 e. The molecule has 0 radical (unpaired) electrons. The minimum Gasteiger partial charge on any atom is -0.357 e. The normalized spacial score (nSPS) is 18.9. The van der Waals surface area contributed by atoms with Gasteiger partial charge in [0.05, 0.1) is 5.69 Å². The highest BCUT2D eigenvalue weighted by molar-refractivity contribution is 7.13. The number of nitrogens with one attached hydrogen (secondary N) is 2. The molecule has 1 aromatic carbocycles. The molecule has 2 aromatic heterocycles. The summed E-state index contributed by atoms with van der Waals surface area (Å²) in [6.45, 7) is 9.00. The van der Waals surface area contributed by atoms with E-state index in [0.717, 1.165) is 43.4 Å². The third-order valence-electron chi connectivity index (χ3n) is 5.90. The topological polar surface area (TPSA) is 65.4 Å². The standard InChI is InChI=1S/C21H22N4S.C4H10N2/c1-22-21-24-19(15-26-21)18-10-5-11-20(23-18)25-13-6-9-17(12-14-25)16-7-3-2-4-8-16;1-2-5-4-6-3-1/h2-5,7-8,10-11,15,17H,1,6,9,12-14H2;5-6H,1-4H2. The van der Waals surface area contributed by atoms with Crippen molar-refractivity contribution in [1.82, 2.24) is 20.6 Å². The Hall–Kier alpha value is -2.61. The van der Waals surface area contributed by atoms with Crippen molar-refractivity contribution < 1.29 is 0 Å². The number of hydrogen-bond donors (Lipinski definition) is 2. The van der Waals surface area contributed by atoms with E-state index in [0.29, 0.717) is 11.0 Å². The van der Waals surface area contributed by atoms with E-state index in [9.17, 15) is 0 Å². The molecule has 0 amide bonds. The first-order chi connectivity index (χ1) is 15.8. The number of pyridine rings is 1. The molecule has 7 heteroatoms. The van der Waals surface area contributed by atoms with E-state index in [2.05, 4.69) is 74.7 Å². The molecule has 1 unspecified atom stereocenters. The van der Waals surface area contributed by atoms with Crippen LogP contribution in [0, 0.1) is 0 Å². The first-order valence-electron chi connectivity index (χ1n) is 11.4. The average molecular weight is 449 g/mol. The molecule has 32 heavy (non-hydrogen) atoms. The molecule has 2 saturated heterocycles. The van der Waals surface area contributed by atoms with Crippen LogP contribution in [0.3, 0.4) is 0 Å². The summed E-state index contributed by atoms with van der Waals surface area (Å²) in [6, 6.07) is 17.1. The predicted octanol–water partition coefficient (Wildman–Crippen LogP) is 4.84. The summed E-state index contributed by atoms with van der Waals surface area (Å²) in [4.78, 5) is 15.6. The molecule has 2 N–H and O–H groups in total. The number of benzene rings is 1. The summed E-state index contributed by atoms with van der Waals surface area (Å²) in [6.07, 6.45) is 4.87. The number of thiazole rings is 1. The van der Waals surface area contributed by atoms with Gasteiger partial charge < -0.3 is 15.5 Å². The summed E-state index contributed by atoms with van der Waals surface area (Å²) in [5.41, 5.74) is 3.23. The van der Waals surface area contributed by atoms with Crippen molar-refractivity contribution >= 4 is 29.0 Å². The van der Waals surface area contributed by atoms with Crippen LogP contribution in [0.5, 0.6) is 0 Å². The van der Waals surface area contributed by atoms with Crippen molar-refractivity contribution in [3.8, 4) is 11.4 Å². The lowest BCUT2D eigenvalue weighted by atomic mass is 9.92. The molecule has 168 valence electrons. The van der Waals surface area contributed by atoms with Gasteiger partial charge in [-0.05, 0) is 69.1 Å². The molecule has 2 aliphatic heterocycles. The number of aromatic nitrogens is 2. The zero-order chi connectivity index (χ0) is 22.0. The number of hydrogen-bond acceptors (Lipinski definition) is 7. The molecule has 4 heterocycles. The summed E-state index contributed by atoms with van der Waals surface area (Å²) in [7, 11) is 0. The van der Waals surface area contributed by atoms with Crippen molar-refractivity contribution in [1.29, 1.82) is 0 Å². The summed E-state index contributed by atoms with van der Waals surface area (Å²) in [5, 5.41) is 9.02.